The van der Waals surface area contributed by atoms with Crippen molar-refractivity contribution in [2.24, 2.45) is 0 Å². The molecule has 174 valence electrons. The van der Waals surface area contributed by atoms with Gasteiger partial charge in [-0.2, -0.15) is 0 Å². The molecule has 0 saturated carbocycles. The predicted octanol–water partition coefficient (Wildman–Crippen LogP) is 2.08. The number of carbonyl (C=O) groups is 3. The van der Waals surface area contributed by atoms with Crippen LogP contribution < -0.4 is 14.8 Å². The Kier molecular flexibility index (Phi) is 6.03. The zero-order valence-electron chi connectivity index (χ0n) is 18.6. The van der Waals surface area contributed by atoms with E-state index >= 15 is 0 Å². The molecular formula is C26H25N3O5. The fourth-order valence-electron chi connectivity index (χ4n) is 4.22. The van der Waals surface area contributed by atoms with Crippen molar-refractivity contribution in [3.05, 3.63) is 72.3 Å². The fourth-order valence-corrected chi connectivity index (χ4v) is 4.22. The molecule has 0 spiro atoms. The highest BCUT2D eigenvalue weighted by Gasteiger charge is 2.33. The molecule has 2 heterocycles. The molecule has 2 aliphatic rings. The van der Waals surface area contributed by atoms with Crippen LogP contribution in [0.15, 0.2) is 66.7 Å². The van der Waals surface area contributed by atoms with Gasteiger partial charge in [0, 0.05) is 31.7 Å². The van der Waals surface area contributed by atoms with Gasteiger partial charge in [0.2, 0.25) is 12.0 Å². The van der Waals surface area contributed by atoms with Gasteiger partial charge in [0.25, 0.3) is 11.8 Å². The molecule has 0 aromatic heterocycles. The minimum Gasteiger partial charge on any atom is -0.485 e. The van der Waals surface area contributed by atoms with Crippen molar-refractivity contribution in [1.29, 1.82) is 0 Å². The molecule has 3 aromatic carbocycles. The summed E-state index contributed by atoms with van der Waals surface area (Å²) in [5.74, 6) is 0.581. The number of piperazine rings is 1. The number of hydrogen-bond donors (Lipinski definition) is 1. The Balaban J connectivity index is 1.10. The molecular weight excluding hydrogens is 434 g/mol. The summed E-state index contributed by atoms with van der Waals surface area (Å²) in [7, 11) is 0. The Morgan fingerprint density at radius 2 is 1.50 bits per heavy atom. The predicted molar refractivity (Wildman–Crippen MR) is 126 cm³/mol. The number of nitrogens with one attached hydrogen (secondary N) is 1. The SMILES string of the molecule is O=C(NCC(=O)N1CCN(C(=O)C2COc3ccccc3O2)CC1)c1ccc2ccccc2c1. The van der Waals surface area contributed by atoms with E-state index in [1.807, 2.05) is 48.5 Å². The summed E-state index contributed by atoms with van der Waals surface area (Å²) in [4.78, 5) is 41.4. The second-order valence-electron chi connectivity index (χ2n) is 8.31. The lowest BCUT2D eigenvalue weighted by molar-refractivity contribution is -0.146. The zero-order valence-corrected chi connectivity index (χ0v) is 18.6. The number of hydrogen-bond acceptors (Lipinski definition) is 5. The zero-order chi connectivity index (χ0) is 23.5. The highest BCUT2D eigenvalue weighted by molar-refractivity contribution is 6.00. The maximum Gasteiger partial charge on any atom is 0.267 e. The number of para-hydroxylation sites is 2. The summed E-state index contributed by atoms with van der Waals surface area (Å²) in [6.07, 6.45) is -0.696. The van der Waals surface area contributed by atoms with Gasteiger partial charge in [0.1, 0.15) is 6.61 Å². The summed E-state index contributed by atoms with van der Waals surface area (Å²) in [6, 6.07) is 20.5. The fraction of sp³-hybridized carbons (Fsp3) is 0.269. The van der Waals surface area contributed by atoms with Crippen LogP contribution in [-0.4, -0.2) is 73.0 Å². The molecule has 8 nitrogen and oxygen atoms in total. The molecule has 1 saturated heterocycles. The van der Waals surface area contributed by atoms with Crippen LogP contribution in [0.5, 0.6) is 11.5 Å². The quantitative estimate of drug-likeness (QED) is 0.646. The van der Waals surface area contributed by atoms with E-state index in [1.54, 1.807) is 28.0 Å². The molecule has 1 N–H and O–H groups in total. The molecule has 0 aliphatic carbocycles. The molecule has 3 amide bonds. The van der Waals surface area contributed by atoms with E-state index in [1.165, 1.54) is 0 Å². The second-order valence-corrected chi connectivity index (χ2v) is 8.31. The molecule has 8 heteroatoms. The Labute approximate surface area is 197 Å². The lowest BCUT2D eigenvalue weighted by atomic mass is 10.1. The molecule has 3 aromatic rings. The van der Waals surface area contributed by atoms with E-state index in [9.17, 15) is 14.4 Å². The number of rotatable bonds is 4. The van der Waals surface area contributed by atoms with Crippen LogP contribution in [0.4, 0.5) is 0 Å². The molecule has 1 unspecified atom stereocenters. The van der Waals surface area contributed by atoms with E-state index in [2.05, 4.69) is 5.32 Å². The van der Waals surface area contributed by atoms with Crippen LogP contribution in [0, 0.1) is 0 Å². The van der Waals surface area contributed by atoms with Gasteiger partial charge < -0.3 is 24.6 Å². The summed E-state index contributed by atoms with van der Waals surface area (Å²) < 4.78 is 11.5. The first-order chi connectivity index (χ1) is 16.6. The minimum absolute atomic E-state index is 0.0873. The topological polar surface area (TPSA) is 88.2 Å². The largest absolute Gasteiger partial charge is 0.485 e. The van der Waals surface area contributed by atoms with E-state index < -0.39 is 6.10 Å². The van der Waals surface area contributed by atoms with Crippen molar-refractivity contribution in [2.45, 2.75) is 6.10 Å². The van der Waals surface area contributed by atoms with Crippen molar-refractivity contribution in [2.75, 3.05) is 39.3 Å². The average molecular weight is 460 g/mol. The van der Waals surface area contributed by atoms with E-state index in [0.717, 1.165) is 10.8 Å². The van der Waals surface area contributed by atoms with Crippen molar-refractivity contribution < 1.29 is 23.9 Å². The maximum atomic E-state index is 12.9. The number of ether oxygens (including phenoxy) is 2. The number of amides is 3. The standard InChI is InChI=1S/C26H25N3O5/c30-24(16-27-25(31)20-10-9-18-5-1-2-6-19(18)15-20)28-11-13-29(14-12-28)26(32)23-17-33-21-7-3-4-8-22(21)34-23/h1-10,15,23H,11-14,16-17H2,(H,27,31). The smallest absolute Gasteiger partial charge is 0.267 e. The first-order valence-corrected chi connectivity index (χ1v) is 11.3. The Morgan fingerprint density at radius 1 is 0.824 bits per heavy atom. The average Bonchev–Trinajstić information content (AvgIpc) is 2.90. The summed E-state index contributed by atoms with van der Waals surface area (Å²) in [5, 5.41) is 4.73. The molecule has 2 aliphatic heterocycles. The molecule has 0 radical (unpaired) electrons. The molecule has 1 fully saturated rings. The van der Waals surface area contributed by atoms with Gasteiger partial charge in [-0.1, -0.05) is 42.5 Å². The lowest BCUT2D eigenvalue weighted by Crippen LogP contribution is -2.56. The Hall–Kier alpha value is -4.07. The lowest BCUT2D eigenvalue weighted by Gasteiger charge is -2.37. The summed E-state index contributed by atoms with van der Waals surface area (Å²) in [6.45, 7) is 1.70. The van der Waals surface area contributed by atoms with E-state index in [4.69, 9.17) is 9.47 Å². The van der Waals surface area contributed by atoms with E-state index in [0.29, 0.717) is 43.2 Å². The Bertz CT molecular complexity index is 1240. The minimum atomic E-state index is -0.696. The van der Waals surface area contributed by atoms with Crippen LogP contribution in [0.25, 0.3) is 10.8 Å². The van der Waals surface area contributed by atoms with Crippen LogP contribution >= 0.6 is 0 Å². The molecule has 34 heavy (non-hydrogen) atoms. The third kappa shape index (κ3) is 4.52. The van der Waals surface area contributed by atoms with Crippen molar-refractivity contribution in [1.82, 2.24) is 15.1 Å². The Morgan fingerprint density at radius 3 is 2.29 bits per heavy atom. The van der Waals surface area contributed by atoms with Crippen LogP contribution in [0.1, 0.15) is 10.4 Å². The van der Waals surface area contributed by atoms with Crippen LogP contribution in [0.3, 0.4) is 0 Å². The normalized spacial score (nSPS) is 17.4. The summed E-state index contributed by atoms with van der Waals surface area (Å²) >= 11 is 0. The van der Waals surface area contributed by atoms with Gasteiger partial charge in [-0.25, -0.2) is 0 Å². The van der Waals surface area contributed by atoms with Gasteiger partial charge >= 0.3 is 0 Å². The second kappa shape index (κ2) is 9.43. The monoisotopic (exact) mass is 459 g/mol. The van der Waals surface area contributed by atoms with Gasteiger partial charge in [-0.15, -0.1) is 0 Å². The van der Waals surface area contributed by atoms with Gasteiger partial charge in [-0.05, 0) is 35.0 Å². The summed E-state index contributed by atoms with van der Waals surface area (Å²) in [5.41, 5.74) is 0.512. The van der Waals surface area contributed by atoms with Crippen molar-refractivity contribution in [3.8, 4) is 11.5 Å². The molecule has 5 rings (SSSR count). The highest BCUT2D eigenvalue weighted by atomic mass is 16.6. The van der Waals surface area contributed by atoms with Gasteiger partial charge in [0.15, 0.2) is 11.5 Å². The van der Waals surface area contributed by atoms with E-state index in [-0.39, 0.29) is 30.9 Å². The number of nitrogens with zero attached hydrogens (tertiary/aromatic N) is 2. The third-order valence-electron chi connectivity index (χ3n) is 6.14. The van der Waals surface area contributed by atoms with Crippen molar-refractivity contribution in [3.63, 3.8) is 0 Å². The van der Waals surface area contributed by atoms with Gasteiger partial charge in [0.05, 0.1) is 6.54 Å². The van der Waals surface area contributed by atoms with Crippen LogP contribution in [-0.2, 0) is 9.59 Å². The van der Waals surface area contributed by atoms with Crippen molar-refractivity contribution >= 4 is 28.5 Å². The number of fused-ring (bicyclic) bond motifs is 2. The van der Waals surface area contributed by atoms with Crippen LogP contribution in [0.2, 0.25) is 0 Å². The first kappa shape index (κ1) is 21.8. The maximum absolute atomic E-state index is 12.9. The highest BCUT2D eigenvalue weighted by Crippen LogP contribution is 2.31. The third-order valence-corrected chi connectivity index (χ3v) is 6.14. The number of benzene rings is 3. The molecule has 0 bridgehead atoms. The first-order valence-electron chi connectivity index (χ1n) is 11.3. The van der Waals surface area contributed by atoms with Gasteiger partial charge in [-0.3, -0.25) is 14.4 Å². The molecule has 1 atom stereocenters. The number of carbonyl (C=O) groups excluding carboxylic acids is 3.